The first-order valence-electron chi connectivity index (χ1n) is 4.93. The molecule has 3 aliphatic rings. The first kappa shape index (κ1) is 10.3. The number of rotatable bonds is 1. The SMILES string of the molecule is O=c1nc2cc(C3CSCCS3)nc-2c1=O. The van der Waals surface area contributed by atoms with E-state index in [0.717, 1.165) is 17.2 Å². The second-order valence-corrected chi connectivity index (χ2v) is 6.06. The van der Waals surface area contributed by atoms with Crippen LogP contribution in [0.2, 0.25) is 0 Å². The van der Waals surface area contributed by atoms with E-state index in [1.807, 2.05) is 23.5 Å². The second kappa shape index (κ2) is 3.85. The molecule has 0 aromatic heterocycles. The number of aromatic nitrogens is 2. The predicted molar refractivity (Wildman–Crippen MR) is 66.1 cm³/mol. The lowest BCUT2D eigenvalue weighted by Gasteiger charge is -2.18. The van der Waals surface area contributed by atoms with Gasteiger partial charge in [-0.1, -0.05) is 0 Å². The normalized spacial score (nSPS) is 21.6. The van der Waals surface area contributed by atoms with Crippen LogP contribution >= 0.6 is 23.5 Å². The molecule has 82 valence electrons. The molecular formula is C10H8N2O2S2. The molecule has 0 bridgehead atoms. The molecule has 0 aliphatic carbocycles. The number of hydrogen-bond acceptors (Lipinski definition) is 6. The molecule has 0 saturated carbocycles. The minimum absolute atomic E-state index is 0.246. The first-order valence-corrected chi connectivity index (χ1v) is 7.13. The molecule has 1 saturated heterocycles. The zero-order valence-electron chi connectivity index (χ0n) is 8.30. The Balaban J connectivity index is 2.02. The molecule has 0 aromatic rings. The van der Waals surface area contributed by atoms with Crippen molar-refractivity contribution >= 4 is 23.5 Å². The van der Waals surface area contributed by atoms with Gasteiger partial charge in [-0.2, -0.15) is 23.5 Å². The largest absolute Gasteiger partial charge is 0.320 e. The fourth-order valence-corrected chi connectivity index (χ4v) is 4.42. The summed E-state index contributed by atoms with van der Waals surface area (Å²) in [5, 5.41) is 0.336. The summed E-state index contributed by atoms with van der Waals surface area (Å²) in [4.78, 5) is 30.3. The maximum atomic E-state index is 11.4. The van der Waals surface area contributed by atoms with Gasteiger partial charge in [-0.05, 0) is 6.07 Å². The van der Waals surface area contributed by atoms with Crippen LogP contribution in [0.15, 0.2) is 15.7 Å². The molecule has 4 nitrogen and oxygen atoms in total. The fourth-order valence-electron chi connectivity index (χ4n) is 1.76. The average Bonchev–Trinajstić information content (AvgIpc) is 2.82. The lowest BCUT2D eigenvalue weighted by atomic mass is 10.3. The second-order valence-electron chi connectivity index (χ2n) is 3.60. The molecule has 0 radical (unpaired) electrons. The predicted octanol–water partition coefficient (Wildman–Crippen LogP) is 0.699. The lowest BCUT2D eigenvalue weighted by Crippen LogP contribution is -2.19. The molecule has 3 rings (SSSR count). The Hall–Kier alpha value is -0.880. The molecule has 0 spiro atoms. The van der Waals surface area contributed by atoms with Gasteiger partial charge in [-0.15, -0.1) is 0 Å². The summed E-state index contributed by atoms with van der Waals surface area (Å²) in [6.45, 7) is 0. The molecule has 0 amide bonds. The van der Waals surface area contributed by atoms with Gasteiger partial charge in [0.15, 0.2) is 0 Å². The molecule has 6 heteroatoms. The Morgan fingerprint density at radius 1 is 1.25 bits per heavy atom. The summed E-state index contributed by atoms with van der Waals surface area (Å²) in [5.74, 6) is 3.29. The van der Waals surface area contributed by atoms with Crippen LogP contribution in [0.4, 0.5) is 0 Å². The van der Waals surface area contributed by atoms with Gasteiger partial charge >= 0.3 is 5.56 Å². The summed E-state index contributed by atoms with van der Waals surface area (Å²) < 4.78 is 0. The fraction of sp³-hybridized carbons (Fsp3) is 0.400. The zero-order chi connectivity index (χ0) is 11.1. The van der Waals surface area contributed by atoms with Crippen molar-refractivity contribution in [3.63, 3.8) is 0 Å². The monoisotopic (exact) mass is 252 g/mol. The van der Waals surface area contributed by atoms with Gasteiger partial charge < -0.3 is 0 Å². The van der Waals surface area contributed by atoms with Crippen molar-refractivity contribution in [2.75, 3.05) is 17.3 Å². The van der Waals surface area contributed by atoms with E-state index in [9.17, 15) is 9.59 Å². The third kappa shape index (κ3) is 1.56. The third-order valence-corrected chi connectivity index (χ3v) is 5.33. The Kier molecular flexibility index (Phi) is 2.48. The molecule has 0 aromatic carbocycles. The quantitative estimate of drug-likeness (QED) is 0.696. The molecule has 1 fully saturated rings. The van der Waals surface area contributed by atoms with E-state index >= 15 is 0 Å². The maximum absolute atomic E-state index is 11.4. The van der Waals surface area contributed by atoms with E-state index in [-0.39, 0.29) is 5.69 Å². The van der Waals surface area contributed by atoms with Gasteiger partial charge in [0.05, 0.1) is 16.6 Å². The molecular weight excluding hydrogens is 244 g/mol. The Bertz CT molecular complexity index is 571. The average molecular weight is 252 g/mol. The summed E-state index contributed by atoms with van der Waals surface area (Å²) in [6, 6.07) is 1.78. The van der Waals surface area contributed by atoms with E-state index in [2.05, 4.69) is 9.97 Å². The van der Waals surface area contributed by atoms with Crippen molar-refractivity contribution in [1.29, 1.82) is 0 Å². The zero-order valence-corrected chi connectivity index (χ0v) is 9.94. The molecule has 0 N–H and O–H groups in total. The van der Waals surface area contributed by atoms with E-state index in [1.165, 1.54) is 5.75 Å². The van der Waals surface area contributed by atoms with Gasteiger partial charge in [0.1, 0.15) is 5.69 Å². The molecule has 3 heterocycles. The highest BCUT2D eigenvalue weighted by Gasteiger charge is 2.24. The Morgan fingerprint density at radius 2 is 2.12 bits per heavy atom. The maximum Gasteiger partial charge on any atom is 0.320 e. The number of nitrogens with zero attached hydrogens (tertiary/aromatic N) is 2. The summed E-state index contributed by atoms with van der Waals surface area (Å²) in [6.07, 6.45) is 0. The Morgan fingerprint density at radius 3 is 2.81 bits per heavy atom. The van der Waals surface area contributed by atoms with Crippen LogP contribution < -0.4 is 11.0 Å². The van der Waals surface area contributed by atoms with Crippen molar-refractivity contribution in [2.45, 2.75) is 5.25 Å². The Labute approximate surface area is 99.9 Å². The lowest BCUT2D eigenvalue weighted by molar-refractivity contribution is 1.04. The van der Waals surface area contributed by atoms with Crippen LogP contribution in [-0.4, -0.2) is 27.2 Å². The molecule has 1 atom stereocenters. The van der Waals surface area contributed by atoms with Gasteiger partial charge in [-0.3, -0.25) is 9.59 Å². The standard InChI is InChI=1S/C10H8N2O2S2/c13-9-8-6(12-10(9)14)3-5(11-8)7-4-15-1-2-16-7/h3,7H,1-2,4H2. The summed E-state index contributed by atoms with van der Waals surface area (Å²) in [5.41, 5.74) is 0.355. The first-order chi connectivity index (χ1) is 7.75. The van der Waals surface area contributed by atoms with Crippen LogP contribution in [-0.2, 0) is 0 Å². The van der Waals surface area contributed by atoms with E-state index in [0.29, 0.717) is 10.9 Å². The van der Waals surface area contributed by atoms with Crippen molar-refractivity contribution in [1.82, 2.24) is 9.97 Å². The summed E-state index contributed by atoms with van der Waals surface area (Å²) >= 11 is 3.75. The van der Waals surface area contributed by atoms with Crippen LogP contribution in [0.5, 0.6) is 0 Å². The van der Waals surface area contributed by atoms with Crippen LogP contribution in [0.1, 0.15) is 10.9 Å². The van der Waals surface area contributed by atoms with Crippen molar-refractivity contribution in [2.24, 2.45) is 0 Å². The van der Waals surface area contributed by atoms with E-state index in [4.69, 9.17) is 0 Å². The van der Waals surface area contributed by atoms with Crippen molar-refractivity contribution < 1.29 is 0 Å². The minimum atomic E-state index is -0.685. The molecule has 1 unspecified atom stereocenters. The van der Waals surface area contributed by atoms with Crippen LogP contribution in [0.25, 0.3) is 11.4 Å². The highest BCUT2D eigenvalue weighted by molar-refractivity contribution is 8.06. The topological polar surface area (TPSA) is 59.9 Å². The number of hydrogen-bond donors (Lipinski definition) is 0. The smallest absolute Gasteiger partial charge is 0.281 e. The molecule has 16 heavy (non-hydrogen) atoms. The van der Waals surface area contributed by atoms with Gasteiger partial charge in [-0.25, -0.2) is 9.97 Å². The van der Waals surface area contributed by atoms with E-state index in [1.54, 1.807) is 6.07 Å². The van der Waals surface area contributed by atoms with Crippen molar-refractivity contribution in [3.8, 4) is 11.4 Å². The number of fused-ring (bicyclic) bond motifs is 1. The van der Waals surface area contributed by atoms with Gasteiger partial charge in [0.2, 0.25) is 0 Å². The third-order valence-electron chi connectivity index (χ3n) is 2.55. The number of thioether (sulfide) groups is 2. The highest BCUT2D eigenvalue weighted by atomic mass is 32.2. The van der Waals surface area contributed by atoms with Gasteiger partial charge in [0, 0.05) is 17.3 Å². The minimum Gasteiger partial charge on any atom is -0.281 e. The van der Waals surface area contributed by atoms with Crippen molar-refractivity contribution in [3.05, 3.63) is 32.3 Å². The van der Waals surface area contributed by atoms with Crippen LogP contribution in [0, 0.1) is 0 Å². The van der Waals surface area contributed by atoms with Crippen LogP contribution in [0.3, 0.4) is 0 Å². The molecule has 3 aliphatic heterocycles. The summed E-state index contributed by atoms with van der Waals surface area (Å²) in [7, 11) is 0. The highest BCUT2D eigenvalue weighted by Crippen LogP contribution is 2.37. The van der Waals surface area contributed by atoms with E-state index < -0.39 is 11.0 Å². The van der Waals surface area contributed by atoms with Gasteiger partial charge in [0.25, 0.3) is 5.43 Å².